The monoisotopic (exact) mass is 139 g/mol. The normalized spacial score (nSPS) is 8.80. The van der Waals surface area contributed by atoms with E-state index in [9.17, 15) is 9.90 Å². The number of hydrogen-bond donors (Lipinski definition) is 1. The second-order valence-electron chi connectivity index (χ2n) is 1.42. The Labute approximate surface area is 55.9 Å². The van der Waals surface area contributed by atoms with E-state index in [4.69, 9.17) is 0 Å². The van der Waals surface area contributed by atoms with E-state index < -0.39 is 6.09 Å². The van der Waals surface area contributed by atoms with Gasteiger partial charge in [0, 0.05) is 6.07 Å². The highest BCUT2D eigenvalue weighted by molar-refractivity contribution is 5.79. The Balaban J connectivity index is 2.67. The molecule has 0 atom stereocenters. The molecule has 0 fully saturated rings. The molecule has 1 aromatic heterocycles. The molecule has 0 spiro atoms. The number of carboxylic acid groups (broad SMARTS) is 1. The number of hydrogen-bond acceptors (Lipinski definition) is 5. The third-order valence-electron chi connectivity index (χ3n) is 0.733. The summed E-state index contributed by atoms with van der Waals surface area (Å²) in [7, 11) is 0. The maximum atomic E-state index is 9.86. The van der Waals surface area contributed by atoms with Gasteiger partial charge in [0.15, 0.2) is 5.82 Å². The number of nitrogens with one attached hydrogen (secondary N) is 1. The van der Waals surface area contributed by atoms with Crippen molar-refractivity contribution in [3.05, 3.63) is 12.3 Å². The molecule has 0 aliphatic carbocycles. The lowest BCUT2D eigenvalue weighted by Gasteiger charge is -2.01. The lowest BCUT2D eigenvalue weighted by Crippen LogP contribution is -2.29. The highest BCUT2D eigenvalue weighted by Gasteiger charge is 1.89. The fourth-order valence-electron chi connectivity index (χ4n) is 0.412. The first-order chi connectivity index (χ1) is 4.79. The minimum absolute atomic E-state index is 0.106. The van der Waals surface area contributed by atoms with Crippen LogP contribution in [0.3, 0.4) is 0 Å². The number of aromatic nitrogens is 3. The number of rotatable bonds is 1. The number of carbonyl (C=O) groups is 1. The highest BCUT2D eigenvalue weighted by atomic mass is 16.4. The molecule has 0 radical (unpaired) electrons. The Hall–Kier alpha value is -1.72. The van der Waals surface area contributed by atoms with Crippen molar-refractivity contribution >= 4 is 11.9 Å². The third kappa shape index (κ3) is 1.66. The second kappa shape index (κ2) is 2.72. The molecule has 0 aliphatic rings. The molecule has 0 saturated carbocycles. The number of anilines is 1. The summed E-state index contributed by atoms with van der Waals surface area (Å²) in [5.41, 5.74) is 0. The van der Waals surface area contributed by atoms with E-state index in [0.29, 0.717) is 0 Å². The molecule has 1 N–H and O–H groups in total. The van der Waals surface area contributed by atoms with Crippen LogP contribution in [-0.2, 0) is 0 Å². The van der Waals surface area contributed by atoms with E-state index in [2.05, 4.69) is 15.4 Å². The molecule has 1 aromatic rings. The van der Waals surface area contributed by atoms with Crippen molar-refractivity contribution in [3.8, 4) is 0 Å². The van der Waals surface area contributed by atoms with Gasteiger partial charge < -0.3 is 15.2 Å². The van der Waals surface area contributed by atoms with Gasteiger partial charge in [0.2, 0.25) is 0 Å². The predicted octanol–water partition coefficient (Wildman–Crippen LogP) is -1.37. The Morgan fingerprint density at radius 1 is 1.70 bits per heavy atom. The van der Waals surface area contributed by atoms with Crippen LogP contribution in [0.1, 0.15) is 0 Å². The first-order valence-corrected chi connectivity index (χ1v) is 2.41. The summed E-state index contributed by atoms with van der Waals surface area (Å²) in [5.74, 6) is 0.106. The average Bonchev–Trinajstić information content (AvgIpc) is 1.88. The second-order valence-corrected chi connectivity index (χ2v) is 1.42. The van der Waals surface area contributed by atoms with Crippen LogP contribution in [0.25, 0.3) is 0 Å². The van der Waals surface area contributed by atoms with Crippen molar-refractivity contribution in [2.45, 2.75) is 0 Å². The molecule has 1 amide bonds. The van der Waals surface area contributed by atoms with Crippen LogP contribution in [0.2, 0.25) is 0 Å². The zero-order valence-electron chi connectivity index (χ0n) is 4.81. The van der Waals surface area contributed by atoms with Crippen molar-refractivity contribution in [3.63, 3.8) is 0 Å². The lowest BCUT2D eigenvalue weighted by atomic mass is 10.6. The molecule has 0 bridgehead atoms. The van der Waals surface area contributed by atoms with Gasteiger partial charge in [-0.3, -0.25) is 0 Å². The smallest absolute Gasteiger partial charge is 0.157 e. The summed E-state index contributed by atoms with van der Waals surface area (Å²) in [4.78, 5) is 9.86. The van der Waals surface area contributed by atoms with Gasteiger partial charge in [0.05, 0.1) is 6.20 Å². The Bertz CT molecular complexity index is 224. The summed E-state index contributed by atoms with van der Waals surface area (Å²) in [6.45, 7) is 0. The molecule has 0 aromatic carbocycles. The molecule has 0 saturated heterocycles. The largest absolute Gasteiger partial charge is 0.530 e. The topological polar surface area (TPSA) is 90.8 Å². The predicted molar refractivity (Wildman–Crippen MR) is 28.8 cm³/mol. The van der Waals surface area contributed by atoms with Gasteiger partial charge in [-0.25, -0.2) is 0 Å². The zero-order chi connectivity index (χ0) is 7.40. The third-order valence-corrected chi connectivity index (χ3v) is 0.733. The quantitative estimate of drug-likeness (QED) is 0.518. The molecule has 6 heteroatoms. The molecule has 1 heterocycles. The Kier molecular flexibility index (Phi) is 1.74. The maximum absolute atomic E-state index is 9.86. The highest BCUT2D eigenvalue weighted by Crippen LogP contribution is 1.93. The summed E-state index contributed by atoms with van der Waals surface area (Å²) in [6, 6.07) is 1.36. The fraction of sp³-hybridized carbons (Fsp3) is 0. The van der Waals surface area contributed by atoms with Crippen LogP contribution < -0.4 is 10.4 Å². The van der Waals surface area contributed by atoms with Gasteiger partial charge >= 0.3 is 0 Å². The molecule has 6 nitrogen and oxygen atoms in total. The van der Waals surface area contributed by atoms with Gasteiger partial charge in [-0.2, -0.15) is 0 Å². The van der Waals surface area contributed by atoms with Crippen LogP contribution in [-0.4, -0.2) is 21.5 Å². The molecule has 52 valence electrons. The van der Waals surface area contributed by atoms with E-state index in [0.717, 1.165) is 0 Å². The molecular weight excluding hydrogens is 136 g/mol. The first-order valence-electron chi connectivity index (χ1n) is 2.41. The van der Waals surface area contributed by atoms with E-state index in [1.54, 1.807) is 0 Å². The number of nitrogens with zero attached hydrogens (tertiary/aromatic N) is 3. The lowest BCUT2D eigenvalue weighted by molar-refractivity contribution is -0.242. The minimum Gasteiger partial charge on any atom is -0.530 e. The molecule has 1 rings (SSSR count). The Morgan fingerprint density at radius 3 is 3.00 bits per heavy atom. The van der Waals surface area contributed by atoms with Gasteiger partial charge in [-0.15, -0.1) is 10.2 Å². The van der Waals surface area contributed by atoms with Crippen LogP contribution in [0.15, 0.2) is 12.3 Å². The van der Waals surface area contributed by atoms with Crippen LogP contribution in [0.4, 0.5) is 10.6 Å². The molecule has 10 heavy (non-hydrogen) atoms. The standard InChI is InChI=1S/C4H4N4O2/c9-4(10)6-3-1-2-5-8-7-3/h1-2H,(H,9,10)(H,5,6,7)/p-1. The SMILES string of the molecule is O=C([O-])Nc1ccnnn1. The molecular formula is C4H3N4O2-. The Morgan fingerprint density at radius 2 is 2.50 bits per heavy atom. The summed E-state index contributed by atoms with van der Waals surface area (Å²) >= 11 is 0. The van der Waals surface area contributed by atoms with Crippen LogP contribution >= 0.6 is 0 Å². The summed E-state index contributed by atoms with van der Waals surface area (Å²) < 4.78 is 0. The number of amides is 1. The van der Waals surface area contributed by atoms with Crippen LogP contribution in [0.5, 0.6) is 0 Å². The van der Waals surface area contributed by atoms with Crippen molar-refractivity contribution in [2.75, 3.05) is 5.32 Å². The summed E-state index contributed by atoms with van der Waals surface area (Å²) in [5, 5.41) is 21.6. The van der Waals surface area contributed by atoms with Crippen molar-refractivity contribution in [2.24, 2.45) is 0 Å². The van der Waals surface area contributed by atoms with Crippen molar-refractivity contribution < 1.29 is 9.90 Å². The molecule has 0 unspecified atom stereocenters. The number of carbonyl (C=O) groups excluding carboxylic acids is 1. The van der Waals surface area contributed by atoms with Crippen molar-refractivity contribution in [1.82, 2.24) is 15.4 Å². The van der Waals surface area contributed by atoms with Crippen LogP contribution in [0, 0.1) is 0 Å². The van der Waals surface area contributed by atoms with Gasteiger partial charge in [-0.05, 0) is 5.21 Å². The average molecular weight is 139 g/mol. The maximum Gasteiger partial charge on any atom is 0.157 e. The van der Waals surface area contributed by atoms with E-state index in [1.807, 2.05) is 5.32 Å². The van der Waals surface area contributed by atoms with E-state index in [1.165, 1.54) is 12.3 Å². The van der Waals surface area contributed by atoms with E-state index >= 15 is 0 Å². The zero-order valence-corrected chi connectivity index (χ0v) is 4.81. The van der Waals surface area contributed by atoms with Gasteiger partial charge in [0.1, 0.15) is 6.09 Å². The summed E-state index contributed by atoms with van der Waals surface area (Å²) in [6.07, 6.45) is -0.0985. The van der Waals surface area contributed by atoms with Crippen molar-refractivity contribution in [1.29, 1.82) is 0 Å². The van der Waals surface area contributed by atoms with Gasteiger partial charge in [-0.1, -0.05) is 0 Å². The van der Waals surface area contributed by atoms with E-state index in [-0.39, 0.29) is 5.82 Å². The first kappa shape index (κ1) is 6.40. The molecule has 0 aliphatic heterocycles. The fourth-order valence-corrected chi connectivity index (χ4v) is 0.412. The minimum atomic E-state index is -1.42. The van der Waals surface area contributed by atoms with Gasteiger partial charge in [0.25, 0.3) is 0 Å².